The van der Waals surface area contributed by atoms with E-state index in [4.69, 9.17) is 14.2 Å². The van der Waals surface area contributed by atoms with Crippen LogP contribution in [0.25, 0.3) is 0 Å². The van der Waals surface area contributed by atoms with Crippen LogP contribution in [0.4, 0.5) is 0 Å². The summed E-state index contributed by atoms with van der Waals surface area (Å²) in [6, 6.07) is 4.81. The van der Waals surface area contributed by atoms with Crippen molar-refractivity contribution in [3.63, 3.8) is 0 Å². The van der Waals surface area contributed by atoms with Crippen LogP contribution in [0.3, 0.4) is 0 Å². The predicted molar refractivity (Wildman–Crippen MR) is 102 cm³/mol. The summed E-state index contributed by atoms with van der Waals surface area (Å²) >= 11 is 0. The molecule has 25 heavy (non-hydrogen) atoms. The Morgan fingerprint density at radius 2 is 1.80 bits per heavy atom. The highest BCUT2D eigenvalue weighted by atomic mass is 16.5. The fourth-order valence-corrected chi connectivity index (χ4v) is 3.59. The molecule has 0 bridgehead atoms. The van der Waals surface area contributed by atoms with Crippen molar-refractivity contribution in [1.82, 2.24) is 10.2 Å². The molecule has 1 aliphatic rings. The number of unbranched alkanes of at least 4 members (excludes halogenated alkanes) is 1. The number of aryl methyl sites for hydroxylation is 1. The Kier molecular flexibility index (Phi) is 8.35. The van der Waals surface area contributed by atoms with Crippen molar-refractivity contribution < 1.29 is 14.2 Å². The Morgan fingerprint density at radius 1 is 1.08 bits per heavy atom. The van der Waals surface area contributed by atoms with E-state index in [1.54, 1.807) is 21.3 Å². The Hall–Kier alpha value is -1.46. The van der Waals surface area contributed by atoms with Crippen LogP contribution in [-0.4, -0.2) is 58.5 Å². The van der Waals surface area contributed by atoms with Crippen LogP contribution in [0.15, 0.2) is 12.1 Å². The molecular weight excluding hydrogens is 316 g/mol. The summed E-state index contributed by atoms with van der Waals surface area (Å²) < 4.78 is 16.3. The largest absolute Gasteiger partial charge is 0.493 e. The Bertz CT molecular complexity index is 497. The fourth-order valence-electron chi connectivity index (χ4n) is 3.59. The molecule has 0 spiro atoms. The Morgan fingerprint density at radius 3 is 2.40 bits per heavy atom. The highest BCUT2D eigenvalue weighted by molar-refractivity contribution is 5.53. The Balaban J connectivity index is 1.94. The normalized spacial score (nSPS) is 18.2. The van der Waals surface area contributed by atoms with Gasteiger partial charge in [0.05, 0.1) is 21.3 Å². The van der Waals surface area contributed by atoms with E-state index in [1.807, 2.05) is 0 Å². The standard InChI is InChI=1S/C20H34N2O3/c1-5-6-9-17-15-21-10-12-22(17)11-7-8-16-13-18(23-2)20(25-4)19(14-16)24-3/h13-14,17,21H,5-12,15H2,1-4H3/t17-/m1/s1. The third-order valence-corrected chi connectivity index (χ3v) is 5.00. The molecule has 1 aromatic rings. The SMILES string of the molecule is CCCC[C@@H]1CNCCN1CCCc1cc(OC)c(OC)c(OC)c1. The minimum absolute atomic E-state index is 0.662. The van der Waals surface area contributed by atoms with Gasteiger partial charge in [-0.05, 0) is 43.5 Å². The fraction of sp³-hybridized carbons (Fsp3) is 0.700. The monoisotopic (exact) mass is 350 g/mol. The number of methoxy groups -OCH3 is 3. The average Bonchev–Trinajstić information content (AvgIpc) is 2.66. The second kappa shape index (κ2) is 10.5. The van der Waals surface area contributed by atoms with Crippen LogP contribution in [0.2, 0.25) is 0 Å². The van der Waals surface area contributed by atoms with Gasteiger partial charge in [0.25, 0.3) is 0 Å². The van der Waals surface area contributed by atoms with E-state index in [9.17, 15) is 0 Å². The van der Waals surface area contributed by atoms with Crippen molar-refractivity contribution in [3.05, 3.63) is 17.7 Å². The zero-order valence-electron chi connectivity index (χ0n) is 16.3. The maximum absolute atomic E-state index is 5.45. The van der Waals surface area contributed by atoms with E-state index in [-0.39, 0.29) is 0 Å². The van der Waals surface area contributed by atoms with Gasteiger partial charge in [0.2, 0.25) is 5.75 Å². The van der Waals surface area contributed by atoms with E-state index in [1.165, 1.54) is 24.8 Å². The van der Waals surface area contributed by atoms with Gasteiger partial charge in [-0.1, -0.05) is 19.8 Å². The van der Waals surface area contributed by atoms with E-state index in [0.717, 1.165) is 50.5 Å². The lowest BCUT2D eigenvalue weighted by atomic mass is 10.0. The summed E-state index contributed by atoms with van der Waals surface area (Å²) in [5.74, 6) is 2.13. The number of piperazine rings is 1. The number of nitrogens with one attached hydrogen (secondary N) is 1. The summed E-state index contributed by atoms with van der Waals surface area (Å²) in [5, 5.41) is 3.54. The lowest BCUT2D eigenvalue weighted by Gasteiger charge is -2.36. The van der Waals surface area contributed by atoms with Crippen LogP contribution in [0.1, 0.15) is 38.2 Å². The van der Waals surface area contributed by atoms with Crippen LogP contribution in [-0.2, 0) is 6.42 Å². The second-order valence-corrected chi connectivity index (χ2v) is 6.67. The summed E-state index contributed by atoms with van der Waals surface area (Å²) in [5.41, 5.74) is 1.23. The van der Waals surface area contributed by atoms with Crippen molar-refractivity contribution in [1.29, 1.82) is 0 Å². The van der Waals surface area contributed by atoms with E-state index in [0.29, 0.717) is 11.8 Å². The van der Waals surface area contributed by atoms with Crippen molar-refractivity contribution in [3.8, 4) is 17.2 Å². The lowest BCUT2D eigenvalue weighted by molar-refractivity contribution is 0.149. The Labute approximate surface area is 152 Å². The number of rotatable bonds is 10. The zero-order chi connectivity index (χ0) is 18.1. The molecule has 0 radical (unpaired) electrons. The zero-order valence-corrected chi connectivity index (χ0v) is 16.3. The molecule has 1 heterocycles. The summed E-state index contributed by atoms with van der Waals surface area (Å²) in [6.45, 7) is 6.80. The second-order valence-electron chi connectivity index (χ2n) is 6.67. The van der Waals surface area contributed by atoms with Gasteiger partial charge < -0.3 is 19.5 Å². The van der Waals surface area contributed by atoms with Gasteiger partial charge in [0, 0.05) is 25.7 Å². The maximum atomic E-state index is 5.45. The minimum atomic E-state index is 0.662. The van der Waals surface area contributed by atoms with Crippen molar-refractivity contribution in [2.75, 3.05) is 47.5 Å². The van der Waals surface area contributed by atoms with E-state index in [2.05, 4.69) is 29.3 Å². The molecule has 5 nitrogen and oxygen atoms in total. The first-order valence-corrected chi connectivity index (χ1v) is 9.47. The molecule has 0 amide bonds. The summed E-state index contributed by atoms with van der Waals surface area (Å²) in [7, 11) is 4.97. The van der Waals surface area contributed by atoms with Gasteiger partial charge in [-0.3, -0.25) is 4.90 Å². The first kappa shape index (κ1) is 19.9. The van der Waals surface area contributed by atoms with Crippen LogP contribution in [0.5, 0.6) is 17.2 Å². The van der Waals surface area contributed by atoms with Crippen molar-refractivity contribution in [2.45, 2.75) is 45.1 Å². The average molecular weight is 351 g/mol. The topological polar surface area (TPSA) is 43.0 Å². The molecular formula is C20H34N2O3. The van der Waals surface area contributed by atoms with E-state index >= 15 is 0 Å². The third-order valence-electron chi connectivity index (χ3n) is 5.00. The highest BCUT2D eigenvalue weighted by Gasteiger charge is 2.21. The molecule has 1 aromatic carbocycles. The van der Waals surface area contributed by atoms with Gasteiger partial charge in [0.1, 0.15) is 0 Å². The summed E-state index contributed by atoms with van der Waals surface area (Å²) in [6.07, 6.45) is 6.04. The summed E-state index contributed by atoms with van der Waals surface area (Å²) in [4.78, 5) is 2.66. The molecule has 0 unspecified atom stereocenters. The molecule has 1 aliphatic heterocycles. The van der Waals surface area contributed by atoms with Crippen molar-refractivity contribution in [2.24, 2.45) is 0 Å². The smallest absolute Gasteiger partial charge is 0.203 e. The third kappa shape index (κ3) is 5.51. The van der Waals surface area contributed by atoms with Gasteiger partial charge in [-0.15, -0.1) is 0 Å². The van der Waals surface area contributed by atoms with Gasteiger partial charge in [0.15, 0.2) is 11.5 Å². The number of hydrogen-bond donors (Lipinski definition) is 1. The molecule has 0 aliphatic carbocycles. The van der Waals surface area contributed by atoms with Crippen LogP contribution in [0, 0.1) is 0 Å². The molecule has 1 atom stereocenters. The minimum Gasteiger partial charge on any atom is -0.493 e. The molecule has 1 fully saturated rings. The number of benzene rings is 1. The molecule has 2 rings (SSSR count). The lowest BCUT2D eigenvalue weighted by Crippen LogP contribution is -2.51. The number of ether oxygens (including phenoxy) is 3. The van der Waals surface area contributed by atoms with Crippen molar-refractivity contribution >= 4 is 0 Å². The first-order chi connectivity index (χ1) is 12.2. The maximum Gasteiger partial charge on any atom is 0.203 e. The van der Waals surface area contributed by atoms with Crippen LogP contribution < -0.4 is 19.5 Å². The van der Waals surface area contributed by atoms with Gasteiger partial charge in [-0.2, -0.15) is 0 Å². The van der Waals surface area contributed by atoms with Gasteiger partial charge >= 0.3 is 0 Å². The van der Waals surface area contributed by atoms with Gasteiger partial charge in [-0.25, -0.2) is 0 Å². The van der Waals surface area contributed by atoms with Crippen LogP contribution >= 0.6 is 0 Å². The quantitative estimate of drug-likeness (QED) is 0.702. The van der Waals surface area contributed by atoms with E-state index < -0.39 is 0 Å². The highest BCUT2D eigenvalue weighted by Crippen LogP contribution is 2.38. The molecule has 0 aromatic heterocycles. The first-order valence-electron chi connectivity index (χ1n) is 9.47. The molecule has 0 saturated carbocycles. The molecule has 1 saturated heterocycles. The molecule has 5 heteroatoms. The number of hydrogen-bond acceptors (Lipinski definition) is 5. The predicted octanol–water partition coefficient (Wildman–Crippen LogP) is 3.11. The molecule has 1 N–H and O–H groups in total. The molecule has 142 valence electrons. The number of nitrogens with zero attached hydrogens (tertiary/aromatic N) is 1.